The molecule has 1 aromatic carbocycles. The van der Waals surface area contributed by atoms with Gasteiger partial charge >= 0.3 is 12.1 Å². The number of ether oxygens (including phenoxy) is 1. The van der Waals surface area contributed by atoms with Crippen molar-refractivity contribution in [3.63, 3.8) is 0 Å². The van der Waals surface area contributed by atoms with Gasteiger partial charge in [-0.3, -0.25) is 24.0 Å². The lowest BCUT2D eigenvalue weighted by Crippen LogP contribution is -2.62. The highest BCUT2D eigenvalue weighted by Gasteiger charge is 2.56. The second-order valence-electron chi connectivity index (χ2n) is 20.4. The van der Waals surface area contributed by atoms with E-state index < -0.39 is 82.1 Å². The van der Waals surface area contributed by atoms with Gasteiger partial charge in [-0.15, -0.1) is 0 Å². The summed E-state index contributed by atoms with van der Waals surface area (Å²) in [5.41, 5.74) is 3.14. The van der Waals surface area contributed by atoms with Crippen molar-refractivity contribution in [1.82, 2.24) is 31.5 Å². The number of amides is 7. The molecule has 5 atom stereocenters. The minimum absolute atomic E-state index is 0.00672. The van der Waals surface area contributed by atoms with Crippen LogP contribution in [0.15, 0.2) is 30.3 Å². The van der Waals surface area contributed by atoms with Gasteiger partial charge in [-0.05, 0) is 79.1 Å². The van der Waals surface area contributed by atoms with Crippen LogP contribution < -0.4 is 32.3 Å². The highest BCUT2D eigenvalue weighted by molar-refractivity contribution is 6.37. The number of primary amides is 1. The zero-order chi connectivity index (χ0) is 44.8. The van der Waals surface area contributed by atoms with E-state index in [9.17, 15) is 33.6 Å². The van der Waals surface area contributed by atoms with Gasteiger partial charge in [-0.2, -0.15) is 0 Å². The lowest BCUT2D eigenvalue weighted by atomic mass is 9.59. The van der Waals surface area contributed by atoms with Crippen molar-refractivity contribution in [3.8, 4) is 0 Å². The van der Waals surface area contributed by atoms with Crippen molar-refractivity contribution in [3.05, 3.63) is 35.9 Å². The van der Waals surface area contributed by atoms with Crippen molar-refractivity contribution < 1.29 is 38.3 Å². The molecule has 0 bridgehead atoms. The zero-order valence-corrected chi connectivity index (χ0v) is 37.5. The summed E-state index contributed by atoms with van der Waals surface area (Å²) in [6.45, 7) is 18.9. The van der Waals surface area contributed by atoms with Crippen LogP contribution in [-0.2, 0) is 35.3 Å². The number of nitrogens with one attached hydrogen (secondary N) is 5. The molecule has 2 saturated carbocycles. The summed E-state index contributed by atoms with van der Waals surface area (Å²) in [7, 11) is 0. The first-order valence-electron chi connectivity index (χ1n) is 21.6. The molecule has 0 aromatic heterocycles. The average molecular weight is 838 g/mol. The van der Waals surface area contributed by atoms with Gasteiger partial charge in [0.15, 0.2) is 0 Å². The smallest absolute Gasteiger partial charge is 0.408 e. The SMILES string of the molecule is CC(C)[C@@]1(C2CCC2)C[C@@H](C(=O)NC(CC2CCC2)C(=O)C(N)=O)N(C(=O)[C@@H](NC(=O)N[C@H](CNC(=O)C(C)(C)NC(=O)OCc2ccccc2)C(C)(C)C)C(C)(C)C)C1. The zero-order valence-electron chi connectivity index (χ0n) is 37.5. The van der Waals surface area contributed by atoms with E-state index in [1.54, 1.807) is 18.7 Å². The number of ketones is 1. The molecule has 3 aliphatic rings. The molecule has 2 aliphatic carbocycles. The molecule has 15 nitrogen and oxygen atoms in total. The predicted octanol–water partition coefficient (Wildman–Crippen LogP) is 4.71. The summed E-state index contributed by atoms with van der Waals surface area (Å²) in [4.78, 5) is 95.8. The first-order chi connectivity index (χ1) is 27.9. The summed E-state index contributed by atoms with van der Waals surface area (Å²) in [6.07, 6.45) is 5.79. The number of nitrogens with two attached hydrogens (primary N) is 1. The van der Waals surface area contributed by atoms with Gasteiger partial charge in [-0.25, -0.2) is 9.59 Å². The average Bonchev–Trinajstić information content (AvgIpc) is 3.52. The van der Waals surface area contributed by atoms with Crippen LogP contribution in [-0.4, -0.2) is 89.2 Å². The molecule has 3 fully saturated rings. The first kappa shape index (κ1) is 48.0. The lowest BCUT2D eigenvalue weighted by molar-refractivity contribution is -0.143. The minimum atomic E-state index is -1.35. The fourth-order valence-corrected chi connectivity index (χ4v) is 8.54. The molecule has 1 unspecified atom stereocenters. The number of hydrogen-bond donors (Lipinski definition) is 6. The number of carbonyl (C=O) groups is 7. The number of Topliss-reactive ketones (excluding diaryl/α,β-unsaturated/α-hetero) is 1. The molecule has 15 heteroatoms. The Morgan fingerprint density at radius 1 is 0.850 bits per heavy atom. The number of benzene rings is 1. The Bertz CT molecular complexity index is 1730. The fourth-order valence-electron chi connectivity index (χ4n) is 8.54. The van der Waals surface area contributed by atoms with Crippen LogP contribution in [0.2, 0.25) is 0 Å². The summed E-state index contributed by atoms with van der Waals surface area (Å²) in [5, 5.41) is 14.2. The highest BCUT2D eigenvalue weighted by Crippen LogP contribution is 2.54. The maximum absolute atomic E-state index is 14.9. The number of urea groups is 1. The van der Waals surface area contributed by atoms with E-state index in [-0.39, 0.29) is 30.4 Å². The summed E-state index contributed by atoms with van der Waals surface area (Å²) in [5.74, 6) is -2.77. The quantitative estimate of drug-likeness (QED) is 0.121. The van der Waals surface area contributed by atoms with E-state index in [0.717, 1.165) is 44.1 Å². The van der Waals surface area contributed by atoms with Crippen molar-refractivity contribution in [2.24, 2.45) is 39.7 Å². The largest absolute Gasteiger partial charge is 0.445 e. The number of rotatable bonds is 17. The van der Waals surface area contributed by atoms with Gasteiger partial charge in [0, 0.05) is 13.1 Å². The van der Waals surface area contributed by atoms with Crippen LogP contribution in [0.4, 0.5) is 9.59 Å². The van der Waals surface area contributed by atoms with Gasteiger partial charge in [-0.1, -0.05) is 111 Å². The topological polar surface area (TPSA) is 218 Å². The Morgan fingerprint density at radius 2 is 1.47 bits per heavy atom. The van der Waals surface area contributed by atoms with Crippen LogP contribution >= 0.6 is 0 Å². The van der Waals surface area contributed by atoms with Crippen LogP contribution in [0.1, 0.15) is 126 Å². The van der Waals surface area contributed by atoms with Gasteiger partial charge in [0.25, 0.3) is 5.91 Å². The normalized spacial score (nSPS) is 21.4. The summed E-state index contributed by atoms with van der Waals surface area (Å²) in [6, 6.07) is 4.81. The lowest BCUT2D eigenvalue weighted by Gasteiger charge is -2.46. The van der Waals surface area contributed by atoms with E-state index >= 15 is 0 Å². The third-order valence-corrected chi connectivity index (χ3v) is 13.1. The van der Waals surface area contributed by atoms with Crippen molar-refractivity contribution in [2.45, 2.75) is 157 Å². The van der Waals surface area contributed by atoms with Gasteiger partial charge < -0.3 is 42.0 Å². The van der Waals surface area contributed by atoms with Gasteiger partial charge in [0.1, 0.15) is 24.2 Å². The number of carbonyl (C=O) groups excluding carboxylic acids is 7. The number of likely N-dealkylation sites (tertiary alicyclic amines) is 1. The molecule has 334 valence electrons. The maximum Gasteiger partial charge on any atom is 0.408 e. The minimum Gasteiger partial charge on any atom is -0.445 e. The molecule has 1 aliphatic heterocycles. The van der Waals surface area contributed by atoms with Gasteiger partial charge in [0.2, 0.25) is 23.5 Å². The number of hydrogen-bond acceptors (Lipinski definition) is 8. The Hall–Kier alpha value is -4.69. The van der Waals surface area contributed by atoms with E-state index in [4.69, 9.17) is 10.5 Å². The first-order valence-corrected chi connectivity index (χ1v) is 21.6. The van der Waals surface area contributed by atoms with E-state index in [1.165, 1.54) is 0 Å². The second kappa shape index (κ2) is 19.4. The highest BCUT2D eigenvalue weighted by atomic mass is 16.5. The molecule has 0 radical (unpaired) electrons. The fraction of sp³-hybridized carbons (Fsp3) is 0.711. The Kier molecular flexibility index (Phi) is 15.5. The molecule has 1 heterocycles. The Balaban J connectivity index is 1.50. The van der Waals surface area contributed by atoms with Crippen LogP contribution in [0, 0.1) is 34.0 Å². The van der Waals surface area contributed by atoms with Crippen molar-refractivity contribution in [1.29, 1.82) is 0 Å². The molecular weight excluding hydrogens is 767 g/mol. The second-order valence-corrected chi connectivity index (χ2v) is 20.4. The molecule has 60 heavy (non-hydrogen) atoms. The standard InChI is InChI=1S/C45H71N7O8/c1-27(2)45(30-20-15-21-30)23-32(37(55)48-31(34(53)36(46)54)22-28-18-14-19-28)52(26-45)38(56)35(43(6,7)8)50-40(58)49-33(42(3,4)5)24-47-39(57)44(9,10)51-41(59)60-25-29-16-12-11-13-17-29/h11-13,16-17,27-28,30-33,35H,14-15,18-26H2,1-10H3,(H2,46,54)(H,47,57)(H,48,55)(H,51,59)(H2,49,50,58)/t31?,32-,33+,35+,45+/m0/s1. The third kappa shape index (κ3) is 12.0. The van der Waals surface area contributed by atoms with Crippen molar-refractivity contribution >= 4 is 41.5 Å². The summed E-state index contributed by atoms with van der Waals surface area (Å²) < 4.78 is 5.31. The Morgan fingerprint density at radius 3 is 1.97 bits per heavy atom. The van der Waals surface area contributed by atoms with Gasteiger partial charge in [0.05, 0.1) is 12.1 Å². The van der Waals surface area contributed by atoms with E-state index in [2.05, 4.69) is 40.4 Å². The van der Waals surface area contributed by atoms with Crippen molar-refractivity contribution in [2.75, 3.05) is 13.1 Å². The molecular formula is C45H71N7O8. The van der Waals surface area contributed by atoms with Crippen LogP contribution in [0.3, 0.4) is 0 Å². The van der Waals surface area contributed by atoms with E-state index in [1.807, 2.05) is 71.9 Å². The van der Waals surface area contributed by atoms with Crippen LogP contribution in [0.25, 0.3) is 0 Å². The number of alkyl carbamates (subject to hydrolysis) is 1. The molecule has 0 spiro atoms. The molecule has 7 N–H and O–H groups in total. The maximum atomic E-state index is 14.9. The van der Waals surface area contributed by atoms with Crippen LogP contribution in [0.5, 0.6) is 0 Å². The monoisotopic (exact) mass is 838 g/mol. The summed E-state index contributed by atoms with van der Waals surface area (Å²) >= 11 is 0. The molecule has 1 aromatic rings. The van der Waals surface area contributed by atoms with E-state index in [0.29, 0.717) is 25.3 Å². The molecule has 4 rings (SSSR count). The number of nitrogens with zero attached hydrogens (tertiary/aromatic N) is 1. The third-order valence-electron chi connectivity index (χ3n) is 13.1. The predicted molar refractivity (Wildman–Crippen MR) is 228 cm³/mol. The molecule has 1 saturated heterocycles. The molecule has 7 amide bonds. The Labute approximate surface area is 356 Å².